The summed E-state index contributed by atoms with van der Waals surface area (Å²) in [4.78, 5) is 11.2. The number of amides is 1. The first-order valence-corrected chi connectivity index (χ1v) is 7.66. The molecule has 2 aromatic rings. The van der Waals surface area contributed by atoms with Gasteiger partial charge in [0.2, 0.25) is 15.9 Å². The van der Waals surface area contributed by atoms with E-state index in [-0.39, 0.29) is 4.90 Å². The number of hydrogen-bond donors (Lipinski definition) is 3. The lowest BCUT2D eigenvalue weighted by Crippen LogP contribution is -2.12. The second-order valence-electron chi connectivity index (χ2n) is 4.49. The van der Waals surface area contributed by atoms with Crippen molar-refractivity contribution in [2.24, 2.45) is 10.9 Å². The van der Waals surface area contributed by atoms with Crippen LogP contribution < -0.4 is 16.2 Å². The Hall–Kier alpha value is -2.38. The van der Waals surface area contributed by atoms with E-state index in [9.17, 15) is 13.2 Å². The highest BCUT2D eigenvalue weighted by Crippen LogP contribution is 2.14. The van der Waals surface area contributed by atoms with Gasteiger partial charge in [-0.25, -0.2) is 13.6 Å². The number of primary sulfonamides is 1. The molecule has 0 atom stereocenters. The van der Waals surface area contributed by atoms with E-state index in [1.807, 2.05) is 6.07 Å². The SMILES string of the molecule is NC(=O)c1cccc(CNc2ccc(S(N)(=O)=O)cc2)c1. The van der Waals surface area contributed by atoms with Crippen LogP contribution in [0, 0.1) is 0 Å². The number of nitrogens with two attached hydrogens (primary N) is 2. The van der Waals surface area contributed by atoms with E-state index in [4.69, 9.17) is 10.9 Å². The lowest BCUT2D eigenvalue weighted by molar-refractivity contribution is 0.1000. The van der Waals surface area contributed by atoms with Crippen molar-refractivity contribution < 1.29 is 13.2 Å². The van der Waals surface area contributed by atoms with E-state index in [0.29, 0.717) is 12.1 Å². The Balaban J connectivity index is 2.06. The van der Waals surface area contributed by atoms with Crippen molar-refractivity contribution in [1.29, 1.82) is 0 Å². The van der Waals surface area contributed by atoms with Crippen molar-refractivity contribution in [3.8, 4) is 0 Å². The largest absolute Gasteiger partial charge is 0.381 e. The number of carbonyl (C=O) groups excluding carboxylic acids is 1. The van der Waals surface area contributed by atoms with Crippen LogP contribution in [0.3, 0.4) is 0 Å². The second-order valence-corrected chi connectivity index (χ2v) is 6.05. The van der Waals surface area contributed by atoms with Crippen molar-refractivity contribution in [3.05, 3.63) is 59.7 Å². The lowest BCUT2D eigenvalue weighted by Gasteiger charge is -2.08. The quantitative estimate of drug-likeness (QED) is 0.765. The predicted octanol–water partition coefficient (Wildman–Crippen LogP) is 1.04. The highest BCUT2D eigenvalue weighted by Gasteiger charge is 2.06. The smallest absolute Gasteiger partial charge is 0.248 e. The van der Waals surface area contributed by atoms with Crippen molar-refractivity contribution in [2.45, 2.75) is 11.4 Å². The number of carbonyl (C=O) groups is 1. The summed E-state index contributed by atoms with van der Waals surface area (Å²) in [5, 5.41) is 8.14. The van der Waals surface area contributed by atoms with Crippen LogP contribution >= 0.6 is 0 Å². The Bertz CT molecular complexity index is 755. The third kappa shape index (κ3) is 4.04. The van der Waals surface area contributed by atoms with Gasteiger partial charge in [-0.15, -0.1) is 0 Å². The number of hydrogen-bond acceptors (Lipinski definition) is 4. The molecule has 1 amide bonds. The normalized spacial score (nSPS) is 11.1. The van der Waals surface area contributed by atoms with Crippen molar-refractivity contribution in [3.63, 3.8) is 0 Å². The molecule has 0 aliphatic rings. The Morgan fingerprint density at radius 1 is 1.10 bits per heavy atom. The molecule has 0 aliphatic carbocycles. The minimum absolute atomic E-state index is 0.0591. The molecule has 0 fully saturated rings. The van der Waals surface area contributed by atoms with Gasteiger partial charge in [0, 0.05) is 17.8 Å². The molecular weight excluding hydrogens is 290 g/mol. The Morgan fingerprint density at radius 3 is 2.33 bits per heavy atom. The van der Waals surface area contributed by atoms with Gasteiger partial charge in [-0.1, -0.05) is 12.1 Å². The van der Waals surface area contributed by atoms with E-state index >= 15 is 0 Å². The van der Waals surface area contributed by atoms with E-state index < -0.39 is 15.9 Å². The number of anilines is 1. The maximum absolute atomic E-state index is 11.1. The van der Waals surface area contributed by atoms with Crippen LogP contribution in [0.15, 0.2) is 53.4 Å². The van der Waals surface area contributed by atoms with Gasteiger partial charge in [0.1, 0.15) is 0 Å². The summed E-state index contributed by atoms with van der Waals surface area (Å²) < 4.78 is 22.3. The fourth-order valence-corrected chi connectivity index (χ4v) is 2.32. The van der Waals surface area contributed by atoms with Gasteiger partial charge in [-0.05, 0) is 42.0 Å². The molecule has 0 aliphatic heterocycles. The maximum Gasteiger partial charge on any atom is 0.248 e. The standard InChI is InChI=1S/C14H15N3O3S/c15-14(18)11-3-1-2-10(8-11)9-17-12-4-6-13(7-5-12)21(16,19)20/h1-8,17H,9H2,(H2,15,18)(H2,16,19,20). The summed E-state index contributed by atoms with van der Waals surface area (Å²) >= 11 is 0. The average molecular weight is 305 g/mol. The molecule has 6 nitrogen and oxygen atoms in total. The van der Waals surface area contributed by atoms with E-state index in [1.165, 1.54) is 12.1 Å². The first-order chi connectivity index (χ1) is 9.86. The highest BCUT2D eigenvalue weighted by atomic mass is 32.2. The molecular formula is C14H15N3O3S. The van der Waals surface area contributed by atoms with Crippen LogP contribution in [-0.4, -0.2) is 14.3 Å². The molecule has 0 radical (unpaired) electrons. The topological polar surface area (TPSA) is 115 Å². The van der Waals surface area contributed by atoms with Crippen LogP contribution in [0.1, 0.15) is 15.9 Å². The van der Waals surface area contributed by atoms with E-state index in [1.54, 1.807) is 30.3 Å². The minimum Gasteiger partial charge on any atom is -0.381 e. The average Bonchev–Trinajstić information content (AvgIpc) is 2.45. The Labute approximate surface area is 122 Å². The zero-order valence-electron chi connectivity index (χ0n) is 11.1. The Morgan fingerprint density at radius 2 is 1.76 bits per heavy atom. The molecule has 0 aromatic heterocycles. The first-order valence-electron chi connectivity index (χ1n) is 6.12. The molecule has 0 bridgehead atoms. The molecule has 21 heavy (non-hydrogen) atoms. The van der Waals surface area contributed by atoms with Gasteiger partial charge in [0.25, 0.3) is 0 Å². The number of primary amides is 1. The van der Waals surface area contributed by atoms with Crippen LogP contribution in [0.25, 0.3) is 0 Å². The zero-order valence-corrected chi connectivity index (χ0v) is 11.9. The van der Waals surface area contributed by atoms with Gasteiger partial charge in [0.15, 0.2) is 0 Å². The van der Waals surface area contributed by atoms with Crippen LogP contribution in [-0.2, 0) is 16.6 Å². The van der Waals surface area contributed by atoms with Crippen LogP contribution in [0.4, 0.5) is 5.69 Å². The number of nitrogens with one attached hydrogen (secondary N) is 1. The van der Waals surface area contributed by atoms with Crippen molar-refractivity contribution >= 4 is 21.6 Å². The van der Waals surface area contributed by atoms with Gasteiger partial charge in [0.05, 0.1) is 4.90 Å². The van der Waals surface area contributed by atoms with Crippen molar-refractivity contribution in [2.75, 3.05) is 5.32 Å². The number of sulfonamides is 1. The van der Waals surface area contributed by atoms with Gasteiger partial charge in [-0.2, -0.15) is 0 Å². The van der Waals surface area contributed by atoms with Crippen molar-refractivity contribution in [1.82, 2.24) is 0 Å². The van der Waals surface area contributed by atoms with E-state index in [0.717, 1.165) is 11.3 Å². The molecule has 2 aromatic carbocycles. The summed E-state index contributed by atoms with van der Waals surface area (Å²) in [5.74, 6) is -0.477. The number of rotatable bonds is 5. The highest BCUT2D eigenvalue weighted by molar-refractivity contribution is 7.89. The molecule has 0 saturated heterocycles. The third-order valence-electron chi connectivity index (χ3n) is 2.89. The third-order valence-corrected chi connectivity index (χ3v) is 3.82. The van der Waals surface area contributed by atoms with Crippen LogP contribution in [0.2, 0.25) is 0 Å². The van der Waals surface area contributed by atoms with Crippen LogP contribution in [0.5, 0.6) is 0 Å². The predicted molar refractivity (Wildman–Crippen MR) is 80.1 cm³/mol. The van der Waals surface area contributed by atoms with Gasteiger partial charge in [-0.3, -0.25) is 4.79 Å². The molecule has 0 heterocycles. The summed E-state index contributed by atoms with van der Waals surface area (Å²) in [6, 6.07) is 13.1. The molecule has 0 spiro atoms. The minimum atomic E-state index is -3.68. The van der Waals surface area contributed by atoms with Gasteiger partial charge < -0.3 is 11.1 Å². The summed E-state index contributed by atoms with van der Waals surface area (Å²) in [6.45, 7) is 0.482. The molecule has 0 saturated carbocycles. The second kappa shape index (κ2) is 5.94. The van der Waals surface area contributed by atoms with E-state index in [2.05, 4.69) is 5.32 Å². The Kier molecular flexibility index (Phi) is 4.25. The lowest BCUT2D eigenvalue weighted by atomic mass is 10.1. The summed E-state index contributed by atoms with van der Waals surface area (Å²) in [5.41, 5.74) is 7.30. The monoisotopic (exact) mass is 305 g/mol. The summed E-state index contributed by atoms with van der Waals surface area (Å²) in [6.07, 6.45) is 0. The maximum atomic E-state index is 11.1. The molecule has 5 N–H and O–H groups in total. The zero-order chi connectivity index (χ0) is 15.5. The molecule has 110 valence electrons. The molecule has 0 unspecified atom stereocenters. The molecule has 2 rings (SSSR count). The fraction of sp³-hybridized carbons (Fsp3) is 0.0714. The number of benzene rings is 2. The van der Waals surface area contributed by atoms with Gasteiger partial charge >= 0.3 is 0 Å². The molecule has 7 heteroatoms. The fourth-order valence-electron chi connectivity index (χ4n) is 1.80. The summed E-state index contributed by atoms with van der Waals surface area (Å²) in [7, 11) is -3.68. The first kappa shape index (κ1) is 15.0.